The van der Waals surface area contributed by atoms with Gasteiger partial charge in [-0.1, -0.05) is 18.2 Å². The standard InChI is InChI=1S/C21H27N5O6/c22-14(8-12-9-23-15-5-2-1-4-13(12)15)19(29)25-16(11-27)20(30)24-10-18(28)26-7-3-6-17(26)21(31)32/h1-2,4-5,9,14,16-17,23,27H,3,6-8,10-11,22H2,(H,24,30)(H,25,29)(H,31,32). The van der Waals surface area contributed by atoms with E-state index >= 15 is 0 Å². The van der Waals surface area contributed by atoms with Gasteiger partial charge in [-0.25, -0.2) is 4.79 Å². The van der Waals surface area contributed by atoms with Crippen LogP contribution in [0.4, 0.5) is 0 Å². The number of carbonyl (C=O) groups is 4. The molecular weight excluding hydrogens is 418 g/mol. The maximum atomic E-state index is 12.5. The molecule has 3 unspecified atom stereocenters. The number of likely N-dealkylation sites (tertiary alicyclic amines) is 1. The zero-order chi connectivity index (χ0) is 23.3. The first-order chi connectivity index (χ1) is 15.3. The number of aromatic amines is 1. The van der Waals surface area contributed by atoms with Gasteiger partial charge >= 0.3 is 5.97 Å². The number of aliphatic hydroxyl groups excluding tert-OH is 1. The van der Waals surface area contributed by atoms with Gasteiger partial charge in [0, 0.05) is 23.6 Å². The van der Waals surface area contributed by atoms with Gasteiger partial charge in [-0.3, -0.25) is 14.4 Å². The quantitative estimate of drug-likeness (QED) is 0.278. The van der Waals surface area contributed by atoms with Crippen molar-refractivity contribution in [2.24, 2.45) is 5.73 Å². The smallest absolute Gasteiger partial charge is 0.326 e. The largest absolute Gasteiger partial charge is 0.480 e. The lowest BCUT2D eigenvalue weighted by Gasteiger charge is -2.23. The number of rotatable bonds is 9. The maximum absolute atomic E-state index is 12.5. The molecule has 1 saturated heterocycles. The van der Waals surface area contributed by atoms with Crippen LogP contribution in [-0.2, 0) is 25.6 Å². The van der Waals surface area contributed by atoms with Crippen LogP contribution in [-0.4, -0.2) is 81.6 Å². The SMILES string of the molecule is NC(Cc1c[nH]c2ccccc12)C(=O)NC(CO)C(=O)NCC(=O)N1CCCC1C(=O)O. The second kappa shape index (κ2) is 10.2. The molecule has 1 aliphatic rings. The molecule has 7 N–H and O–H groups in total. The molecular formula is C21H27N5O6. The van der Waals surface area contributed by atoms with Crippen molar-refractivity contribution in [2.75, 3.05) is 19.7 Å². The number of hydrogen-bond acceptors (Lipinski definition) is 6. The highest BCUT2D eigenvalue weighted by atomic mass is 16.4. The number of benzene rings is 1. The highest BCUT2D eigenvalue weighted by Crippen LogP contribution is 2.19. The summed E-state index contributed by atoms with van der Waals surface area (Å²) < 4.78 is 0. The average molecular weight is 445 g/mol. The van der Waals surface area contributed by atoms with Crippen LogP contribution in [0.5, 0.6) is 0 Å². The van der Waals surface area contributed by atoms with Crippen LogP contribution in [0.25, 0.3) is 10.9 Å². The maximum Gasteiger partial charge on any atom is 0.326 e. The molecule has 0 saturated carbocycles. The topological polar surface area (TPSA) is 178 Å². The van der Waals surface area contributed by atoms with Crippen LogP contribution < -0.4 is 16.4 Å². The van der Waals surface area contributed by atoms with Gasteiger partial charge in [-0.15, -0.1) is 0 Å². The molecule has 2 heterocycles. The fourth-order valence-electron chi connectivity index (χ4n) is 3.81. The van der Waals surface area contributed by atoms with Crippen molar-refractivity contribution < 1.29 is 29.4 Å². The van der Waals surface area contributed by atoms with Gasteiger partial charge in [0.2, 0.25) is 17.7 Å². The monoisotopic (exact) mass is 445 g/mol. The van der Waals surface area contributed by atoms with Crippen LogP contribution in [0, 0.1) is 0 Å². The molecule has 1 aromatic carbocycles. The van der Waals surface area contributed by atoms with E-state index in [4.69, 9.17) is 10.8 Å². The minimum absolute atomic E-state index is 0.222. The Bertz CT molecular complexity index is 1010. The Labute approximate surface area is 183 Å². The van der Waals surface area contributed by atoms with E-state index in [1.165, 1.54) is 4.90 Å². The van der Waals surface area contributed by atoms with Crippen molar-refractivity contribution in [3.8, 4) is 0 Å². The van der Waals surface area contributed by atoms with Gasteiger partial charge in [0.05, 0.1) is 19.2 Å². The molecule has 1 fully saturated rings. The second-order valence-corrected chi connectivity index (χ2v) is 7.72. The first kappa shape index (κ1) is 23.2. The van der Waals surface area contributed by atoms with E-state index in [0.29, 0.717) is 19.4 Å². The third-order valence-corrected chi connectivity index (χ3v) is 5.54. The number of para-hydroxylation sites is 1. The molecule has 2 aromatic rings. The fourth-order valence-corrected chi connectivity index (χ4v) is 3.81. The summed E-state index contributed by atoms with van der Waals surface area (Å²) in [5, 5.41) is 24.4. The van der Waals surface area contributed by atoms with Crippen molar-refractivity contribution in [2.45, 2.75) is 37.4 Å². The molecule has 11 nitrogen and oxygen atoms in total. The highest BCUT2D eigenvalue weighted by Gasteiger charge is 2.34. The Morgan fingerprint density at radius 1 is 1.22 bits per heavy atom. The van der Waals surface area contributed by atoms with Crippen molar-refractivity contribution in [3.63, 3.8) is 0 Å². The minimum atomic E-state index is -1.29. The Morgan fingerprint density at radius 2 is 1.97 bits per heavy atom. The Hall–Kier alpha value is -3.44. The predicted octanol–water partition coefficient (Wildman–Crippen LogP) is -1.29. The van der Waals surface area contributed by atoms with Gasteiger partial charge in [0.25, 0.3) is 0 Å². The van der Waals surface area contributed by atoms with Crippen LogP contribution >= 0.6 is 0 Å². The lowest BCUT2D eigenvalue weighted by atomic mass is 10.0. The number of nitrogens with zero attached hydrogens (tertiary/aromatic N) is 1. The number of fused-ring (bicyclic) bond motifs is 1. The summed E-state index contributed by atoms with van der Waals surface area (Å²) in [6, 6.07) is 4.41. The summed E-state index contributed by atoms with van der Waals surface area (Å²) in [4.78, 5) is 52.6. The summed E-state index contributed by atoms with van der Waals surface area (Å²) in [5.41, 5.74) is 7.75. The molecule has 11 heteroatoms. The summed E-state index contributed by atoms with van der Waals surface area (Å²) in [6.45, 7) is -0.821. The molecule has 1 aliphatic heterocycles. The normalized spacial score (nSPS) is 17.7. The van der Waals surface area contributed by atoms with E-state index in [1.807, 2.05) is 24.3 Å². The molecule has 0 spiro atoms. The zero-order valence-corrected chi connectivity index (χ0v) is 17.4. The summed E-state index contributed by atoms with van der Waals surface area (Å²) in [7, 11) is 0. The number of aromatic nitrogens is 1. The van der Waals surface area contributed by atoms with E-state index in [9.17, 15) is 24.3 Å². The second-order valence-electron chi connectivity index (χ2n) is 7.72. The van der Waals surface area contributed by atoms with Crippen molar-refractivity contribution in [1.29, 1.82) is 0 Å². The Kier molecular flexibility index (Phi) is 7.44. The van der Waals surface area contributed by atoms with E-state index in [0.717, 1.165) is 16.5 Å². The number of H-pyrrole nitrogens is 1. The molecule has 3 amide bonds. The number of carbonyl (C=O) groups excluding carboxylic acids is 3. The zero-order valence-electron chi connectivity index (χ0n) is 17.4. The number of amides is 3. The summed E-state index contributed by atoms with van der Waals surface area (Å²) in [6.07, 6.45) is 2.92. The highest BCUT2D eigenvalue weighted by molar-refractivity contribution is 5.93. The predicted molar refractivity (Wildman–Crippen MR) is 114 cm³/mol. The molecule has 0 aliphatic carbocycles. The number of nitrogens with two attached hydrogens (primary N) is 1. The molecule has 3 rings (SSSR count). The number of carboxylic acids is 1. The van der Waals surface area contributed by atoms with E-state index in [2.05, 4.69) is 15.6 Å². The van der Waals surface area contributed by atoms with Gasteiger partial charge in [-0.2, -0.15) is 0 Å². The van der Waals surface area contributed by atoms with Crippen molar-refractivity contribution in [1.82, 2.24) is 20.5 Å². The lowest BCUT2D eigenvalue weighted by Crippen LogP contribution is -2.55. The number of nitrogens with one attached hydrogen (secondary N) is 3. The Balaban J connectivity index is 1.52. The van der Waals surface area contributed by atoms with E-state index in [-0.39, 0.29) is 6.42 Å². The third-order valence-electron chi connectivity index (χ3n) is 5.54. The molecule has 32 heavy (non-hydrogen) atoms. The van der Waals surface area contributed by atoms with Crippen molar-refractivity contribution >= 4 is 34.6 Å². The molecule has 1 aromatic heterocycles. The number of hydrogen-bond donors (Lipinski definition) is 6. The number of carboxylic acid groups (broad SMARTS) is 1. The number of aliphatic carboxylic acids is 1. The van der Waals surface area contributed by atoms with Gasteiger partial charge in [-0.05, 0) is 30.9 Å². The first-order valence-corrected chi connectivity index (χ1v) is 10.3. The minimum Gasteiger partial charge on any atom is -0.480 e. The Morgan fingerprint density at radius 3 is 2.69 bits per heavy atom. The van der Waals surface area contributed by atoms with Gasteiger partial charge in [0.15, 0.2) is 0 Å². The molecule has 3 atom stereocenters. The van der Waals surface area contributed by atoms with E-state index < -0.39 is 55.0 Å². The fraction of sp³-hybridized carbons (Fsp3) is 0.429. The van der Waals surface area contributed by atoms with Crippen LogP contribution in [0.3, 0.4) is 0 Å². The molecule has 0 bridgehead atoms. The summed E-state index contributed by atoms with van der Waals surface area (Å²) in [5.74, 6) is -3.02. The van der Waals surface area contributed by atoms with Gasteiger partial charge in [0.1, 0.15) is 12.1 Å². The number of aliphatic hydroxyl groups is 1. The molecule has 172 valence electrons. The first-order valence-electron chi connectivity index (χ1n) is 10.3. The van der Waals surface area contributed by atoms with Crippen LogP contribution in [0.1, 0.15) is 18.4 Å². The van der Waals surface area contributed by atoms with Crippen LogP contribution in [0.15, 0.2) is 30.5 Å². The van der Waals surface area contributed by atoms with Crippen LogP contribution in [0.2, 0.25) is 0 Å². The lowest BCUT2D eigenvalue weighted by molar-refractivity contribution is -0.148. The summed E-state index contributed by atoms with van der Waals surface area (Å²) >= 11 is 0. The van der Waals surface area contributed by atoms with Crippen molar-refractivity contribution in [3.05, 3.63) is 36.0 Å². The molecule has 0 radical (unpaired) electrons. The average Bonchev–Trinajstić information content (AvgIpc) is 3.43. The third kappa shape index (κ3) is 5.24. The van der Waals surface area contributed by atoms with E-state index in [1.54, 1.807) is 6.20 Å². The van der Waals surface area contributed by atoms with Gasteiger partial charge < -0.3 is 36.5 Å².